The van der Waals surface area contributed by atoms with E-state index in [1.54, 1.807) is 6.08 Å². The van der Waals surface area contributed by atoms with Crippen molar-refractivity contribution in [3.05, 3.63) is 24.3 Å². The molecule has 0 saturated carbocycles. The van der Waals surface area contributed by atoms with Gasteiger partial charge in [0.15, 0.2) is 11.9 Å². The fourth-order valence-corrected chi connectivity index (χ4v) is 4.77. The van der Waals surface area contributed by atoms with E-state index in [0.717, 1.165) is 57.8 Å². The van der Waals surface area contributed by atoms with Crippen molar-refractivity contribution in [3.63, 3.8) is 0 Å². The minimum absolute atomic E-state index is 0.108. The van der Waals surface area contributed by atoms with Crippen LogP contribution in [0.1, 0.15) is 168 Å². The van der Waals surface area contributed by atoms with Gasteiger partial charge < -0.3 is 14.6 Å². The molecule has 42 heavy (non-hydrogen) atoms. The molecule has 1 atom stereocenters. The second-order valence-electron chi connectivity index (χ2n) is 11.6. The zero-order chi connectivity index (χ0) is 30.9. The minimum Gasteiger partial charge on any atom is -0.462 e. The Morgan fingerprint density at radius 3 is 1.62 bits per heavy atom. The molecule has 0 aromatic rings. The Bertz CT molecular complexity index is 699. The number of hydrogen-bond donors (Lipinski definition) is 1. The van der Waals surface area contributed by atoms with Crippen molar-refractivity contribution >= 4 is 17.7 Å². The largest absolute Gasteiger partial charge is 0.462 e. The molecule has 0 rings (SSSR count). The molecule has 0 aliphatic heterocycles. The van der Waals surface area contributed by atoms with Crippen LogP contribution in [-0.2, 0) is 23.9 Å². The molecule has 0 aliphatic rings. The van der Waals surface area contributed by atoms with E-state index >= 15 is 0 Å². The molecule has 0 radical (unpaired) electrons. The monoisotopic (exact) mass is 592 g/mol. The highest BCUT2D eigenvalue weighted by atomic mass is 16.6. The van der Waals surface area contributed by atoms with Crippen LogP contribution in [0.4, 0.5) is 0 Å². The van der Waals surface area contributed by atoms with Crippen molar-refractivity contribution < 1.29 is 29.0 Å². The van der Waals surface area contributed by atoms with Gasteiger partial charge in [-0.1, -0.05) is 135 Å². The van der Waals surface area contributed by atoms with Crippen molar-refractivity contribution in [1.29, 1.82) is 0 Å². The van der Waals surface area contributed by atoms with Crippen LogP contribution in [-0.4, -0.2) is 42.1 Å². The number of aliphatic hydroxyl groups excluding tert-OH is 1. The molecule has 0 unspecified atom stereocenters. The molecule has 6 nitrogen and oxygen atoms in total. The summed E-state index contributed by atoms with van der Waals surface area (Å²) >= 11 is 0. The molecule has 0 amide bonds. The first-order valence-electron chi connectivity index (χ1n) is 17.3. The van der Waals surface area contributed by atoms with Gasteiger partial charge >= 0.3 is 11.9 Å². The van der Waals surface area contributed by atoms with E-state index in [0.29, 0.717) is 19.3 Å². The van der Waals surface area contributed by atoms with E-state index in [9.17, 15) is 19.5 Å². The Morgan fingerprint density at radius 2 is 1.07 bits per heavy atom. The van der Waals surface area contributed by atoms with Crippen LogP contribution < -0.4 is 0 Å². The van der Waals surface area contributed by atoms with E-state index in [1.165, 1.54) is 77.0 Å². The molecule has 0 aromatic carbocycles. The molecule has 0 saturated heterocycles. The molecular weight excluding hydrogens is 528 g/mol. The zero-order valence-corrected chi connectivity index (χ0v) is 27.3. The quantitative estimate of drug-likeness (QED) is 0.0373. The highest BCUT2D eigenvalue weighted by Gasteiger charge is 2.16. The highest BCUT2D eigenvalue weighted by molar-refractivity contribution is 5.89. The zero-order valence-electron chi connectivity index (χ0n) is 27.3. The maximum atomic E-state index is 12.1. The fraction of sp³-hybridized carbons (Fsp3) is 0.806. The summed E-state index contributed by atoms with van der Waals surface area (Å²) in [7, 11) is 0. The van der Waals surface area contributed by atoms with Crippen LogP contribution >= 0.6 is 0 Å². The number of ketones is 1. The van der Waals surface area contributed by atoms with Gasteiger partial charge in [0, 0.05) is 19.3 Å². The van der Waals surface area contributed by atoms with Gasteiger partial charge in [-0.2, -0.15) is 0 Å². The smallest absolute Gasteiger partial charge is 0.306 e. The average Bonchev–Trinajstić information content (AvgIpc) is 2.98. The molecule has 0 bridgehead atoms. The molecule has 0 heterocycles. The Labute approximate surface area is 258 Å². The van der Waals surface area contributed by atoms with Gasteiger partial charge in [-0.25, -0.2) is 0 Å². The van der Waals surface area contributed by atoms with Crippen molar-refractivity contribution in [1.82, 2.24) is 0 Å². The number of aliphatic hydroxyl groups is 1. The molecule has 0 aromatic heterocycles. The highest BCUT2D eigenvalue weighted by Crippen LogP contribution is 2.13. The van der Waals surface area contributed by atoms with E-state index < -0.39 is 6.10 Å². The Balaban J connectivity index is 3.67. The van der Waals surface area contributed by atoms with Gasteiger partial charge in [0.05, 0.1) is 6.61 Å². The van der Waals surface area contributed by atoms with E-state index in [1.807, 2.05) is 12.2 Å². The summed E-state index contributed by atoms with van der Waals surface area (Å²) < 4.78 is 10.5. The maximum absolute atomic E-state index is 12.1. The number of carbonyl (C=O) groups excluding carboxylic acids is 3. The fourth-order valence-electron chi connectivity index (χ4n) is 4.77. The van der Waals surface area contributed by atoms with E-state index in [4.69, 9.17) is 9.47 Å². The summed E-state index contributed by atoms with van der Waals surface area (Å²) in [6, 6.07) is 0. The number of esters is 2. The first-order valence-corrected chi connectivity index (χ1v) is 17.3. The number of rotatable bonds is 31. The van der Waals surface area contributed by atoms with Crippen molar-refractivity contribution in [2.24, 2.45) is 0 Å². The summed E-state index contributed by atoms with van der Waals surface area (Å²) in [6.07, 6.45) is 31.9. The lowest BCUT2D eigenvalue weighted by Crippen LogP contribution is -2.28. The third-order valence-corrected chi connectivity index (χ3v) is 7.47. The predicted molar refractivity (Wildman–Crippen MR) is 173 cm³/mol. The second-order valence-corrected chi connectivity index (χ2v) is 11.6. The van der Waals surface area contributed by atoms with Crippen molar-refractivity contribution in [2.45, 2.75) is 174 Å². The topological polar surface area (TPSA) is 89.9 Å². The van der Waals surface area contributed by atoms with Gasteiger partial charge in [-0.05, 0) is 38.2 Å². The summed E-state index contributed by atoms with van der Waals surface area (Å²) in [5.41, 5.74) is 0. The molecule has 244 valence electrons. The van der Waals surface area contributed by atoms with E-state index in [-0.39, 0.29) is 30.9 Å². The summed E-state index contributed by atoms with van der Waals surface area (Å²) in [5.74, 6) is -0.524. The van der Waals surface area contributed by atoms with Gasteiger partial charge in [-0.3, -0.25) is 14.4 Å². The number of hydrogen-bond acceptors (Lipinski definition) is 6. The summed E-state index contributed by atoms with van der Waals surface area (Å²) in [5, 5.41) is 9.50. The normalized spacial score (nSPS) is 12.3. The van der Waals surface area contributed by atoms with Crippen molar-refractivity contribution in [3.8, 4) is 0 Å². The van der Waals surface area contributed by atoms with Gasteiger partial charge in [0.1, 0.15) is 6.61 Å². The average molecular weight is 593 g/mol. The van der Waals surface area contributed by atoms with Crippen LogP contribution in [0.25, 0.3) is 0 Å². The summed E-state index contributed by atoms with van der Waals surface area (Å²) in [6.45, 7) is 3.97. The minimum atomic E-state index is -0.804. The third kappa shape index (κ3) is 29.5. The number of unbranched alkanes of at least 4 members (excludes halogenated alkanes) is 18. The lowest BCUT2D eigenvalue weighted by Gasteiger charge is -2.15. The van der Waals surface area contributed by atoms with Crippen LogP contribution in [0.5, 0.6) is 0 Å². The van der Waals surface area contributed by atoms with Gasteiger partial charge in [0.2, 0.25) is 0 Å². The number of carbonyl (C=O) groups is 3. The lowest BCUT2D eigenvalue weighted by molar-refractivity contribution is -0.161. The lowest BCUT2D eigenvalue weighted by atomic mass is 10.0. The first kappa shape index (κ1) is 40.1. The van der Waals surface area contributed by atoms with Crippen LogP contribution in [0.2, 0.25) is 0 Å². The van der Waals surface area contributed by atoms with Gasteiger partial charge in [-0.15, -0.1) is 0 Å². The molecular formula is C36H64O6. The molecule has 0 spiro atoms. The van der Waals surface area contributed by atoms with Crippen molar-refractivity contribution in [2.75, 3.05) is 13.2 Å². The number of allylic oxidation sites excluding steroid dienone is 4. The maximum Gasteiger partial charge on any atom is 0.306 e. The van der Waals surface area contributed by atoms with E-state index in [2.05, 4.69) is 19.9 Å². The third-order valence-electron chi connectivity index (χ3n) is 7.47. The van der Waals surface area contributed by atoms with Crippen LogP contribution in [0.15, 0.2) is 24.3 Å². The Hall–Kier alpha value is -1.95. The molecule has 1 N–H and O–H groups in total. The SMILES string of the molecule is CCCCC/C=C\C=C\C(=O)CCCCCCCC(=O)OC[C@H](CO)OC(=O)CCCCCCCCCCCCCC. The second kappa shape index (κ2) is 32.0. The van der Waals surface area contributed by atoms with Crippen LogP contribution in [0.3, 0.4) is 0 Å². The molecule has 0 fully saturated rings. The first-order chi connectivity index (χ1) is 20.5. The van der Waals surface area contributed by atoms with Crippen LogP contribution in [0, 0.1) is 0 Å². The molecule has 0 aliphatic carbocycles. The Kier molecular flexibility index (Phi) is 30.5. The predicted octanol–water partition coefficient (Wildman–Crippen LogP) is 9.52. The molecule has 6 heteroatoms. The number of ether oxygens (including phenoxy) is 2. The Morgan fingerprint density at radius 1 is 0.595 bits per heavy atom. The summed E-state index contributed by atoms with van der Waals surface area (Å²) in [4.78, 5) is 36.0. The van der Waals surface area contributed by atoms with Gasteiger partial charge in [0.25, 0.3) is 0 Å². The standard InChI is InChI=1S/C36H64O6/c1-3-5-7-9-11-12-13-14-15-17-21-26-30-36(40)42-34(31-37)32-41-35(39)29-25-22-18-20-24-28-33(38)27-23-19-16-10-8-6-4-2/h16,19,23,27,34,37H,3-15,17-18,20-22,24-26,28-32H2,1-2H3/b19-16-,27-23+/t34-/m0/s1.